The van der Waals surface area contributed by atoms with Crippen molar-refractivity contribution in [2.24, 2.45) is 5.41 Å². The van der Waals surface area contributed by atoms with Crippen LogP contribution in [0.5, 0.6) is 5.75 Å². The number of benzene rings is 1. The van der Waals surface area contributed by atoms with Crippen molar-refractivity contribution in [2.45, 2.75) is 25.4 Å². The highest BCUT2D eigenvalue weighted by atomic mass is 19.1. The molecule has 1 aromatic carbocycles. The summed E-state index contributed by atoms with van der Waals surface area (Å²) >= 11 is 0. The van der Waals surface area contributed by atoms with Gasteiger partial charge >= 0.3 is 0 Å². The summed E-state index contributed by atoms with van der Waals surface area (Å²) in [4.78, 5) is 0. The van der Waals surface area contributed by atoms with Crippen LogP contribution in [0.2, 0.25) is 0 Å². The Bertz CT molecular complexity index is 467. The summed E-state index contributed by atoms with van der Waals surface area (Å²) in [5.74, 6) is -0.0195. The molecule has 2 N–H and O–H groups in total. The second-order valence-corrected chi connectivity index (χ2v) is 5.82. The van der Waals surface area contributed by atoms with Gasteiger partial charge in [-0.2, -0.15) is 0 Å². The molecule has 1 heterocycles. The smallest absolute Gasteiger partial charge is 0.167 e. The summed E-state index contributed by atoms with van der Waals surface area (Å²) in [6.07, 6.45) is 3.36. The zero-order chi connectivity index (χ0) is 14.0. The summed E-state index contributed by atoms with van der Waals surface area (Å²) < 4.78 is 24.6. The van der Waals surface area contributed by atoms with Crippen molar-refractivity contribution in [3.63, 3.8) is 0 Å². The largest absolute Gasteiger partial charge is 0.487 e. The van der Waals surface area contributed by atoms with Crippen molar-refractivity contribution in [2.75, 3.05) is 31.7 Å². The van der Waals surface area contributed by atoms with Crippen LogP contribution in [0.1, 0.15) is 19.3 Å². The summed E-state index contributed by atoms with van der Waals surface area (Å²) in [6, 6.07) is 4.92. The minimum atomic E-state index is -0.343. The van der Waals surface area contributed by atoms with E-state index in [0.29, 0.717) is 31.2 Å². The predicted molar refractivity (Wildman–Crippen MR) is 73.5 cm³/mol. The van der Waals surface area contributed by atoms with Gasteiger partial charge in [0.15, 0.2) is 11.6 Å². The van der Waals surface area contributed by atoms with Gasteiger partial charge in [-0.3, -0.25) is 0 Å². The first-order valence-electron chi connectivity index (χ1n) is 7.09. The second kappa shape index (κ2) is 5.58. The number of aliphatic hydroxyl groups is 1. The molecule has 1 aromatic rings. The lowest BCUT2D eigenvalue weighted by Crippen LogP contribution is -2.50. The molecule has 2 aliphatic rings. The van der Waals surface area contributed by atoms with Gasteiger partial charge in [0.1, 0.15) is 0 Å². The number of anilines is 1. The Kier molecular flexibility index (Phi) is 3.81. The van der Waals surface area contributed by atoms with Gasteiger partial charge in [0.2, 0.25) is 0 Å². The van der Waals surface area contributed by atoms with Crippen molar-refractivity contribution >= 4 is 5.69 Å². The maximum absolute atomic E-state index is 13.9. The third-order valence-electron chi connectivity index (χ3n) is 4.10. The van der Waals surface area contributed by atoms with Crippen LogP contribution in [0.15, 0.2) is 18.2 Å². The molecule has 0 amide bonds. The maximum atomic E-state index is 13.9. The lowest BCUT2D eigenvalue weighted by atomic mass is 9.87. The van der Waals surface area contributed by atoms with Gasteiger partial charge in [0.25, 0.3) is 0 Å². The highest BCUT2D eigenvalue weighted by Crippen LogP contribution is 2.30. The average Bonchev–Trinajstić information content (AvgIpc) is 2.35. The van der Waals surface area contributed by atoms with Crippen LogP contribution in [-0.4, -0.2) is 37.6 Å². The van der Waals surface area contributed by atoms with Crippen LogP contribution < -0.4 is 10.1 Å². The molecule has 0 atom stereocenters. The van der Waals surface area contributed by atoms with Crippen LogP contribution in [0.3, 0.4) is 0 Å². The van der Waals surface area contributed by atoms with E-state index in [-0.39, 0.29) is 23.9 Å². The van der Waals surface area contributed by atoms with Gasteiger partial charge in [0.05, 0.1) is 31.3 Å². The minimum Gasteiger partial charge on any atom is -0.487 e. The Morgan fingerprint density at radius 3 is 2.70 bits per heavy atom. The van der Waals surface area contributed by atoms with E-state index >= 15 is 0 Å². The first-order valence-corrected chi connectivity index (χ1v) is 7.09. The number of hydrogen-bond donors (Lipinski definition) is 2. The summed E-state index contributed by atoms with van der Waals surface area (Å²) in [6.45, 7) is 1.74. The van der Waals surface area contributed by atoms with E-state index < -0.39 is 0 Å². The molecule has 0 spiro atoms. The third-order valence-corrected chi connectivity index (χ3v) is 4.10. The maximum Gasteiger partial charge on any atom is 0.167 e. The van der Waals surface area contributed by atoms with Crippen LogP contribution in [0.4, 0.5) is 10.1 Å². The number of nitrogens with one attached hydrogen (secondary N) is 1. The fraction of sp³-hybridized carbons (Fsp3) is 0.600. The van der Waals surface area contributed by atoms with E-state index in [9.17, 15) is 9.50 Å². The van der Waals surface area contributed by atoms with E-state index in [1.807, 2.05) is 6.07 Å². The van der Waals surface area contributed by atoms with Crippen LogP contribution >= 0.6 is 0 Å². The number of ether oxygens (including phenoxy) is 2. The molecular formula is C15H20FNO3. The van der Waals surface area contributed by atoms with Crippen LogP contribution in [-0.2, 0) is 4.74 Å². The Morgan fingerprint density at radius 2 is 2.20 bits per heavy atom. The number of hydrogen-bond acceptors (Lipinski definition) is 4. The summed E-state index contributed by atoms with van der Waals surface area (Å²) in [5.41, 5.74) is 0.473. The normalized spacial score (nSPS) is 20.9. The van der Waals surface area contributed by atoms with E-state index in [1.54, 1.807) is 6.07 Å². The molecule has 0 radical (unpaired) electrons. The first-order chi connectivity index (χ1) is 9.71. The highest BCUT2D eigenvalue weighted by molar-refractivity contribution is 5.47. The van der Waals surface area contributed by atoms with Crippen LogP contribution in [0, 0.1) is 11.2 Å². The predicted octanol–water partition coefficient (Wildman–Crippen LogP) is 2.18. The molecular weight excluding hydrogens is 261 g/mol. The monoisotopic (exact) mass is 281 g/mol. The van der Waals surface area contributed by atoms with Crippen molar-refractivity contribution in [3.8, 4) is 5.75 Å². The third kappa shape index (κ3) is 2.74. The number of rotatable bonds is 6. The zero-order valence-electron chi connectivity index (χ0n) is 11.4. The molecule has 0 aromatic heterocycles. The SMILES string of the molecule is OCC1(CNc2ccc(OC3CCC3)c(F)c2)COC1. The van der Waals surface area contributed by atoms with E-state index in [2.05, 4.69) is 5.32 Å². The fourth-order valence-corrected chi connectivity index (χ4v) is 2.30. The first kappa shape index (κ1) is 13.6. The molecule has 20 heavy (non-hydrogen) atoms. The minimum absolute atomic E-state index is 0.0748. The highest BCUT2D eigenvalue weighted by Gasteiger charge is 2.37. The van der Waals surface area contributed by atoms with Gasteiger partial charge in [-0.25, -0.2) is 4.39 Å². The Balaban J connectivity index is 1.58. The van der Waals surface area contributed by atoms with Gasteiger partial charge < -0.3 is 19.9 Å². The quantitative estimate of drug-likeness (QED) is 0.839. The molecule has 0 bridgehead atoms. The summed E-state index contributed by atoms with van der Waals surface area (Å²) in [5, 5.41) is 12.5. The van der Waals surface area contributed by atoms with Crippen molar-refractivity contribution in [1.82, 2.24) is 0 Å². The average molecular weight is 281 g/mol. The number of halogens is 1. The van der Waals surface area contributed by atoms with Crippen molar-refractivity contribution < 1.29 is 19.0 Å². The standard InChI is InChI=1S/C15H20FNO3/c16-13-6-11(17-7-15(8-18)9-19-10-15)4-5-14(13)20-12-2-1-3-12/h4-6,12,17-18H,1-3,7-10H2. The molecule has 1 saturated heterocycles. The van der Waals surface area contributed by atoms with E-state index in [0.717, 1.165) is 19.3 Å². The molecule has 110 valence electrons. The molecule has 4 nitrogen and oxygen atoms in total. The molecule has 1 aliphatic heterocycles. The number of aliphatic hydroxyl groups excluding tert-OH is 1. The Morgan fingerprint density at radius 1 is 1.40 bits per heavy atom. The molecule has 3 rings (SSSR count). The topological polar surface area (TPSA) is 50.7 Å². The van der Waals surface area contributed by atoms with E-state index in [1.165, 1.54) is 6.07 Å². The van der Waals surface area contributed by atoms with Crippen molar-refractivity contribution in [3.05, 3.63) is 24.0 Å². The molecule has 2 fully saturated rings. The van der Waals surface area contributed by atoms with E-state index in [4.69, 9.17) is 9.47 Å². The van der Waals surface area contributed by atoms with Gasteiger partial charge in [-0.1, -0.05) is 0 Å². The lowest BCUT2D eigenvalue weighted by molar-refractivity contribution is -0.128. The zero-order valence-corrected chi connectivity index (χ0v) is 11.4. The van der Waals surface area contributed by atoms with Crippen LogP contribution in [0.25, 0.3) is 0 Å². The van der Waals surface area contributed by atoms with Gasteiger partial charge in [-0.05, 0) is 31.4 Å². The Labute approximate surface area is 117 Å². The molecule has 0 unspecified atom stereocenters. The fourth-order valence-electron chi connectivity index (χ4n) is 2.30. The summed E-state index contributed by atoms with van der Waals surface area (Å²) in [7, 11) is 0. The second-order valence-electron chi connectivity index (χ2n) is 5.82. The van der Waals surface area contributed by atoms with Gasteiger partial charge in [-0.15, -0.1) is 0 Å². The molecule has 1 saturated carbocycles. The Hall–Kier alpha value is -1.33. The lowest BCUT2D eigenvalue weighted by Gasteiger charge is -2.40. The molecule has 1 aliphatic carbocycles. The van der Waals surface area contributed by atoms with Crippen molar-refractivity contribution in [1.29, 1.82) is 0 Å². The van der Waals surface area contributed by atoms with Gasteiger partial charge in [0, 0.05) is 18.3 Å². The molecule has 5 heteroatoms.